The number of nitrogens with zero attached hydrogens (tertiary/aromatic N) is 1. The molecule has 0 heterocycles. The number of halogens is 2. The van der Waals surface area contributed by atoms with Gasteiger partial charge in [0.15, 0.2) is 0 Å². The molecule has 0 radical (unpaired) electrons. The summed E-state index contributed by atoms with van der Waals surface area (Å²) in [5, 5.41) is 22.8. The van der Waals surface area contributed by atoms with Crippen LogP contribution in [0, 0.1) is 10.1 Å². The van der Waals surface area contributed by atoms with Gasteiger partial charge in [-0.05, 0) is 56.1 Å². The van der Waals surface area contributed by atoms with Gasteiger partial charge in [0.2, 0.25) is 0 Å². The fourth-order valence-corrected chi connectivity index (χ4v) is 2.76. The summed E-state index contributed by atoms with van der Waals surface area (Å²) in [5.41, 5.74) is 0.678. The van der Waals surface area contributed by atoms with Crippen molar-refractivity contribution in [3.05, 3.63) is 61.0 Å². The molecule has 108 valence electrons. The molecule has 8 heteroatoms. The van der Waals surface area contributed by atoms with Crippen molar-refractivity contribution in [1.29, 1.82) is 0 Å². The quantitative estimate of drug-likeness (QED) is 0.448. The lowest BCUT2D eigenvalue weighted by Crippen LogP contribution is -2.11. The number of carbonyl (C=O) groups excluding carboxylic acids is 1. The van der Waals surface area contributed by atoms with E-state index in [1.54, 1.807) is 12.1 Å². The average Bonchev–Trinajstić information content (AvgIpc) is 2.44. The second kappa shape index (κ2) is 6.23. The lowest BCUT2D eigenvalue weighted by Gasteiger charge is -2.08. The van der Waals surface area contributed by atoms with Crippen LogP contribution < -0.4 is 5.32 Å². The van der Waals surface area contributed by atoms with Crippen LogP contribution in [0.15, 0.2) is 45.3 Å². The van der Waals surface area contributed by atoms with Crippen molar-refractivity contribution in [1.82, 2.24) is 0 Å². The number of nitrogens with one attached hydrogen (secondary N) is 1. The Morgan fingerprint density at radius 3 is 2.14 bits per heavy atom. The summed E-state index contributed by atoms with van der Waals surface area (Å²) in [6.45, 7) is 0. The third-order valence-corrected chi connectivity index (χ3v) is 3.82. The van der Waals surface area contributed by atoms with E-state index in [0.717, 1.165) is 0 Å². The van der Waals surface area contributed by atoms with Crippen LogP contribution in [0.25, 0.3) is 0 Å². The number of aromatic hydroxyl groups is 1. The maximum Gasteiger partial charge on any atom is 0.269 e. The number of nitro groups is 1. The molecule has 0 atom stereocenters. The fourth-order valence-electron chi connectivity index (χ4n) is 1.58. The molecule has 0 aromatic heterocycles. The van der Waals surface area contributed by atoms with Crippen LogP contribution in [-0.2, 0) is 0 Å². The molecule has 0 aliphatic carbocycles. The molecule has 0 spiro atoms. The number of phenolic OH excluding ortho intramolecular Hbond substituents is 1. The van der Waals surface area contributed by atoms with E-state index in [9.17, 15) is 20.0 Å². The largest absolute Gasteiger partial charge is 0.506 e. The van der Waals surface area contributed by atoms with Gasteiger partial charge in [0.25, 0.3) is 11.6 Å². The number of benzene rings is 2. The van der Waals surface area contributed by atoms with Crippen LogP contribution in [-0.4, -0.2) is 15.9 Å². The van der Waals surface area contributed by atoms with Crippen LogP contribution in [0.4, 0.5) is 11.4 Å². The molecule has 0 unspecified atom stereocenters. The van der Waals surface area contributed by atoms with E-state index in [2.05, 4.69) is 37.2 Å². The first kappa shape index (κ1) is 15.5. The molecule has 21 heavy (non-hydrogen) atoms. The highest BCUT2D eigenvalue weighted by molar-refractivity contribution is 9.11. The fraction of sp³-hybridized carbons (Fsp3) is 0. The summed E-state index contributed by atoms with van der Waals surface area (Å²) in [6.07, 6.45) is 0. The van der Waals surface area contributed by atoms with E-state index >= 15 is 0 Å². The Labute approximate surface area is 136 Å². The molecule has 6 nitrogen and oxygen atoms in total. The smallest absolute Gasteiger partial charge is 0.269 e. The minimum atomic E-state index is -0.532. The highest BCUT2D eigenvalue weighted by atomic mass is 79.9. The predicted molar refractivity (Wildman–Crippen MR) is 84.6 cm³/mol. The highest BCUT2D eigenvalue weighted by Gasteiger charge is 2.12. The third-order valence-electron chi connectivity index (χ3n) is 2.62. The number of rotatable bonds is 3. The zero-order valence-corrected chi connectivity index (χ0v) is 13.5. The van der Waals surface area contributed by atoms with E-state index < -0.39 is 10.8 Å². The zero-order valence-electron chi connectivity index (χ0n) is 10.3. The van der Waals surface area contributed by atoms with Crippen LogP contribution in [0.5, 0.6) is 5.75 Å². The summed E-state index contributed by atoms with van der Waals surface area (Å²) in [6, 6.07) is 8.36. The Balaban J connectivity index is 2.20. The predicted octanol–water partition coefficient (Wildman–Crippen LogP) is 4.08. The van der Waals surface area contributed by atoms with Crippen molar-refractivity contribution >= 4 is 49.1 Å². The van der Waals surface area contributed by atoms with Gasteiger partial charge in [0.05, 0.1) is 13.9 Å². The number of hydrogen-bond donors (Lipinski definition) is 2. The minimum Gasteiger partial charge on any atom is -0.506 e. The van der Waals surface area contributed by atoms with E-state index in [1.807, 2.05) is 0 Å². The van der Waals surface area contributed by atoms with Gasteiger partial charge in [-0.3, -0.25) is 14.9 Å². The summed E-state index contributed by atoms with van der Waals surface area (Å²) < 4.78 is 0.853. The van der Waals surface area contributed by atoms with Gasteiger partial charge < -0.3 is 10.4 Å². The van der Waals surface area contributed by atoms with Crippen molar-refractivity contribution in [3.63, 3.8) is 0 Å². The van der Waals surface area contributed by atoms with Gasteiger partial charge in [-0.1, -0.05) is 0 Å². The number of anilines is 1. The molecule has 2 N–H and O–H groups in total. The lowest BCUT2D eigenvalue weighted by molar-refractivity contribution is -0.384. The maximum absolute atomic E-state index is 12.0. The van der Waals surface area contributed by atoms with Crippen molar-refractivity contribution < 1.29 is 14.8 Å². The highest BCUT2D eigenvalue weighted by Crippen LogP contribution is 2.35. The molecule has 2 aromatic rings. The number of nitro benzene ring substituents is 1. The molecule has 2 aromatic carbocycles. The Bertz CT molecular complexity index is 694. The SMILES string of the molecule is O=C(Nc1cc(Br)c(O)c(Br)c1)c1ccc([N+](=O)[O-])cc1. The second-order valence-electron chi connectivity index (χ2n) is 4.05. The minimum absolute atomic E-state index is 0.0309. The van der Waals surface area contributed by atoms with Crippen LogP contribution in [0.3, 0.4) is 0 Å². The number of carbonyl (C=O) groups is 1. The van der Waals surface area contributed by atoms with Crippen molar-refractivity contribution in [2.75, 3.05) is 5.32 Å². The molecular weight excluding hydrogens is 408 g/mol. The van der Waals surface area contributed by atoms with Gasteiger partial charge in [-0.2, -0.15) is 0 Å². The van der Waals surface area contributed by atoms with E-state index in [-0.39, 0.29) is 11.4 Å². The Kier molecular flexibility index (Phi) is 4.59. The maximum atomic E-state index is 12.0. The monoisotopic (exact) mass is 414 g/mol. The average molecular weight is 416 g/mol. The molecule has 1 amide bonds. The van der Waals surface area contributed by atoms with Gasteiger partial charge in [-0.15, -0.1) is 0 Å². The van der Waals surface area contributed by atoms with Gasteiger partial charge in [0.1, 0.15) is 5.75 Å². The first-order chi connectivity index (χ1) is 9.88. The Morgan fingerprint density at radius 1 is 1.14 bits per heavy atom. The van der Waals surface area contributed by atoms with Crippen molar-refractivity contribution in [2.45, 2.75) is 0 Å². The van der Waals surface area contributed by atoms with Gasteiger partial charge >= 0.3 is 0 Å². The normalized spacial score (nSPS) is 10.2. The second-order valence-corrected chi connectivity index (χ2v) is 5.76. The Hall–Kier alpha value is -1.93. The van der Waals surface area contributed by atoms with Crippen molar-refractivity contribution in [2.24, 2.45) is 0 Å². The lowest BCUT2D eigenvalue weighted by atomic mass is 10.2. The number of hydrogen-bond acceptors (Lipinski definition) is 4. The zero-order chi connectivity index (χ0) is 15.6. The van der Waals surface area contributed by atoms with Gasteiger partial charge in [-0.25, -0.2) is 0 Å². The van der Waals surface area contributed by atoms with E-state index in [0.29, 0.717) is 20.2 Å². The molecule has 0 bridgehead atoms. The van der Waals surface area contributed by atoms with E-state index in [4.69, 9.17) is 0 Å². The molecule has 0 fully saturated rings. The number of non-ortho nitro benzene ring substituents is 1. The Morgan fingerprint density at radius 2 is 1.67 bits per heavy atom. The van der Waals surface area contributed by atoms with Crippen LogP contribution in [0.1, 0.15) is 10.4 Å². The number of phenols is 1. The summed E-state index contributed by atoms with van der Waals surface area (Å²) in [4.78, 5) is 22.0. The standard InChI is InChI=1S/C13H8Br2N2O4/c14-10-5-8(6-11(15)12(10)18)16-13(19)7-1-3-9(4-2-7)17(20)21/h1-6,18H,(H,16,19). The third kappa shape index (κ3) is 3.59. The number of amides is 1. The molecule has 0 aliphatic rings. The van der Waals surface area contributed by atoms with Crippen molar-refractivity contribution in [3.8, 4) is 5.75 Å². The molecule has 0 saturated heterocycles. The molecule has 0 saturated carbocycles. The molecule has 2 rings (SSSR count). The topological polar surface area (TPSA) is 92.5 Å². The summed E-state index contributed by atoms with van der Waals surface area (Å²) in [7, 11) is 0. The first-order valence-corrected chi connectivity index (χ1v) is 7.21. The summed E-state index contributed by atoms with van der Waals surface area (Å²) >= 11 is 6.32. The molecular formula is C13H8Br2N2O4. The van der Waals surface area contributed by atoms with Gasteiger partial charge in [0, 0.05) is 23.4 Å². The summed E-state index contributed by atoms with van der Waals surface area (Å²) in [5.74, 6) is -0.377. The van der Waals surface area contributed by atoms with Crippen LogP contribution >= 0.6 is 31.9 Å². The molecule has 0 aliphatic heterocycles. The van der Waals surface area contributed by atoms with Crippen LogP contribution in [0.2, 0.25) is 0 Å². The van der Waals surface area contributed by atoms with E-state index in [1.165, 1.54) is 24.3 Å². The first-order valence-electron chi connectivity index (χ1n) is 5.62.